The highest BCUT2D eigenvalue weighted by molar-refractivity contribution is 14.1. The summed E-state index contributed by atoms with van der Waals surface area (Å²) in [4.78, 5) is 16.0. The Labute approximate surface area is 113 Å². The van der Waals surface area contributed by atoms with Crippen molar-refractivity contribution in [3.05, 3.63) is 57.4 Å². The summed E-state index contributed by atoms with van der Waals surface area (Å²) in [6.45, 7) is 1.86. The quantitative estimate of drug-likeness (QED) is 0.854. The first kappa shape index (κ1) is 12.0. The maximum Gasteiger partial charge on any atom is 0.255 e. The number of nitrogens with one attached hydrogen (secondary N) is 1. The molecule has 86 valence electrons. The van der Waals surface area contributed by atoms with E-state index in [1.165, 1.54) is 0 Å². The van der Waals surface area contributed by atoms with Crippen molar-refractivity contribution in [3.63, 3.8) is 0 Å². The third-order valence-electron chi connectivity index (χ3n) is 2.24. The number of benzene rings is 1. The van der Waals surface area contributed by atoms with Crippen molar-refractivity contribution in [2.45, 2.75) is 6.92 Å². The van der Waals surface area contributed by atoms with Crippen LogP contribution < -0.4 is 5.32 Å². The number of amides is 1. The molecule has 1 amide bonds. The summed E-state index contributed by atoms with van der Waals surface area (Å²) in [7, 11) is 0. The van der Waals surface area contributed by atoms with Crippen LogP contribution in [0.3, 0.4) is 0 Å². The number of carbonyl (C=O) groups is 1. The third kappa shape index (κ3) is 3.26. The molecule has 0 unspecified atom stereocenters. The number of carbonyl (C=O) groups excluding carboxylic acids is 1. The van der Waals surface area contributed by atoms with E-state index in [-0.39, 0.29) is 5.91 Å². The zero-order chi connectivity index (χ0) is 12.3. The maximum absolute atomic E-state index is 11.9. The standard InChI is InChI=1S/C13H11IN2O/c1-9-7-10(5-6-15-9)13(17)16-12-4-2-3-11(14)8-12/h2-8H,1H3,(H,16,17). The third-order valence-corrected chi connectivity index (χ3v) is 2.91. The van der Waals surface area contributed by atoms with Gasteiger partial charge in [-0.25, -0.2) is 0 Å². The van der Waals surface area contributed by atoms with Crippen LogP contribution in [0.15, 0.2) is 42.6 Å². The topological polar surface area (TPSA) is 42.0 Å². The van der Waals surface area contributed by atoms with Crippen LogP contribution in [0.5, 0.6) is 0 Å². The normalized spacial score (nSPS) is 10.0. The zero-order valence-electron chi connectivity index (χ0n) is 9.27. The lowest BCUT2D eigenvalue weighted by atomic mass is 10.2. The van der Waals surface area contributed by atoms with Crippen LogP contribution in [-0.2, 0) is 0 Å². The smallest absolute Gasteiger partial charge is 0.255 e. The van der Waals surface area contributed by atoms with Gasteiger partial charge in [0.05, 0.1) is 0 Å². The van der Waals surface area contributed by atoms with Crippen LogP contribution in [0.4, 0.5) is 5.69 Å². The minimum absolute atomic E-state index is 0.113. The molecule has 0 atom stereocenters. The summed E-state index contributed by atoms with van der Waals surface area (Å²) >= 11 is 2.21. The number of aryl methyl sites for hydroxylation is 1. The Kier molecular flexibility index (Phi) is 3.73. The van der Waals surface area contributed by atoms with Crippen molar-refractivity contribution in [3.8, 4) is 0 Å². The molecule has 2 aromatic rings. The molecule has 1 aromatic heterocycles. The van der Waals surface area contributed by atoms with E-state index in [4.69, 9.17) is 0 Å². The molecule has 0 radical (unpaired) electrons. The number of anilines is 1. The van der Waals surface area contributed by atoms with Crippen LogP contribution in [0.25, 0.3) is 0 Å². The summed E-state index contributed by atoms with van der Waals surface area (Å²) in [6, 6.07) is 11.2. The molecule has 2 rings (SSSR count). The first-order chi connectivity index (χ1) is 8.15. The van der Waals surface area contributed by atoms with E-state index in [0.29, 0.717) is 5.56 Å². The first-order valence-corrected chi connectivity index (χ1v) is 6.22. The van der Waals surface area contributed by atoms with Gasteiger partial charge in [0, 0.05) is 26.7 Å². The fourth-order valence-electron chi connectivity index (χ4n) is 1.46. The average molecular weight is 338 g/mol. The molecule has 4 heteroatoms. The van der Waals surface area contributed by atoms with Gasteiger partial charge in [-0.15, -0.1) is 0 Å². The number of hydrogen-bond acceptors (Lipinski definition) is 2. The summed E-state index contributed by atoms with van der Waals surface area (Å²) < 4.78 is 1.09. The lowest BCUT2D eigenvalue weighted by molar-refractivity contribution is 0.102. The van der Waals surface area contributed by atoms with Gasteiger partial charge in [0.25, 0.3) is 5.91 Å². The number of rotatable bonds is 2. The van der Waals surface area contributed by atoms with E-state index in [1.807, 2.05) is 31.2 Å². The molecule has 1 aromatic carbocycles. The van der Waals surface area contributed by atoms with Crippen LogP contribution in [0.1, 0.15) is 16.1 Å². The minimum atomic E-state index is -0.113. The van der Waals surface area contributed by atoms with Gasteiger partial charge in [-0.05, 0) is 59.8 Å². The van der Waals surface area contributed by atoms with Crippen molar-refractivity contribution in [2.75, 3.05) is 5.32 Å². The van der Waals surface area contributed by atoms with Gasteiger partial charge in [-0.2, -0.15) is 0 Å². The molecule has 0 bridgehead atoms. The predicted octanol–water partition coefficient (Wildman–Crippen LogP) is 3.25. The number of aromatic nitrogens is 1. The molecule has 1 N–H and O–H groups in total. The lowest BCUT2D eigenvalue weighted by Gasteiger charge is -2.05. The highest BCUT2D eigenvalue weighted by Gasteiger charge is 2.06. The second-order valence-electron chi connectivity index (χ2n) is 3.65. The monoisotopic (exact) mass is 338 g/mol. The van der Waals surface area contributed by atoms with E-state index in [2.05, 4.69) is 32.9 Å². The van der Waals surface area contributed by atoms with E-state index in [1.54, 1.807) is 18.3 Å². The van der Waals surface area contributed by atoms with E-state index < -0.39 is 0 Å². The van der Waals surface area contributed by atoms with Crippen molar-refractivity contribution < 1.29 is 4.79 Å². The number of nitrogens with zero attached hydrogens (tertiary/aromatic N) is 1. The fraction of sp³-hybridized carbons (Fsp3) is 0.0769. The summed E-state index contributed by atoms with van der Waals surface area (Å²) in [6.07, 6.45) is 1.64. The Morgan fingerprint density at radius 2 is 2.12 bits per heavy atom. The predicted molar refractivity (Wildman–Crippen MR) is 76.1 cm³/mol. The molecule has 17 heavy (non-hydrogen) atoms. The molecule has 0 saturated heterocycles. The summed E-state index contributed by atoms with van der Waals surface area (Å²) in [5.41, 5.74) is 2.26. The summed E-state index contributed by atoms with van der Waals surface area (Å²) in [5.74, 6) is -0.113. The van der Waals surface area contributed by atoms with Gasteiger partial charge < -0.3 is 5.32 Å². The first-order valence-electron chi connectivity index (χ1n) is 5.15. The van der Waals surface area contributed by atoms with Gasteiger partial charge in [-0.3, -0.25) is 9.78 Å². The Hall–Kier alpha value is -1.43. The molecule has 0 aliphatic carbocycles. The SMILES string of the molecule is Cc1cc(C(=O)Nc2cccc(I)c2)ccn1. The average Bonchev–Trinajstić information content (AvgIpc) is 2.29. The van der Waals surface area contributed by atoms with E-state index in [0.717, 1.165) is 15.0 Å². The van der Waals surface area contributed by atoms with Crippen molar-refractivity contribution >= 4 is 34.2 Å². The molecule has 0 aliphatic heterocycles. The Bertz CT molecular complexity index is 555. The maximum atomic E-state index is 11.9. The van der Waals surface area contributed by atoms with Crippen LogP contribution in [0.2, 0.25) is 0 Å². The van der Waals surface area contributed by atoms with Crippen molar-refractivity contribution in [1.29, 1.82) is 0 Å². The molecular formula is C13H11IN2O. The van der Waals surface area contributed by atoms with E-state index >= 15 is 0 Å². The van der Waals surface area contributed by atoms with Crippen molar-refractivity contribution in [1.82, 2.24) is 4.98 Å². The highest BCUT2D eigenvalue weighted by Crippen LogP contribution is 2.13. The Morgan fingerprint density at radius 1 is 1.29 bits per heavy atom. The molecule has 0 fully saturated rings. The van der Waals surface area contributed by atoms with Crippen molar-refractivity contribution in [2.24, 2.45) is 0 Å². The Balaban J connectivity index is 2.17. The van der Waals surface area contributed by atoms with Crippen LogP contribution in [0, 0.1) is 10.5 Å². The van der Waals surface area contributed by atoms with E-state index in [9.17, 15) is 4.79 Å². The second kappa shape index (κ2) is 5.27. The number of pyridine rings is 1. The summed E-state index contributed by atoms with van der Waals surface area (Å²) in [5, 5.41) is 2.85. The largest absolute Gasteiger partial charge is 0.322 e. The molecule has 0 spiro atoms. The minimum Gasteiger partial charge on any atom is -0.322 e. The van der Waals surface area contributed by atoms with Gasteiger partial charge in [0.2, 0.25) is 0 Å². The lowest BCUT2D eigenvalue weighted by Crippen LogP contribution is -2.12. The van der Waals surface area contributed by atoms with Crippen LogP contribution >= 0.6 is 22.6 Å². The van der Waals surface area contributed by atoms with Gasteiger partial charge in [0.1, 0.15) is 0 Å². The number of hydrogen-bond donors (Lipinski definition) is 1. The van der Waals surface area contributed by atoms with Gasteiger partial charge >= 0.3 is 0 Å². The molecule has 3 nitrogen and oxygen atoms in total. The van der Waals surface area contributed by atoms with Gasteiger partial charge in [-0.1, -0.05) is 6.07 Å². The fourth-order valence-corrected chi connectivity index (χ4v) is 2.00. The van der Waals surface area contributed by atoms with Crippen LogP contribution in [-0.4, -0.2) is 10.9 Å². The molecule has 0 saturated carbocycles. The van der Waals surface area contributed by atoms with Gasteiger partial charge in [0.15, 0.2) is 0 Å². The second-order valence-corrected chi connectivity index (χ2v) is 4.90. The number of halogens is 1. The molecular weight excluding hydrogens is 327 g/mol. The highest BCUT2D eigenvalue weighted by atomic mass is 127. The molecule has 1 heterocycles. The zero-order valence-corrected chi connectivity index (χ0v) is 11.4. The molecule has 0 aliphatic rings. The Morgan fingerprint density at radius 3 is 2.82 bits per heavy atom.